The molecule has 1 nitrogen and oxygen atoms in total. The largest absolute Gasteiger partial charge is 0.395 e. The van der Waals surface area contributed by atoms with E-state index in [1.54, 1.807) is 19.3 Å². The van der Waals surface area contributed by atoms with Crippen molar-refractivity contribution in [3.05, 3.63) is 23.8 Å². The molecule has 1 aliphatic rings. The molecule has 4 heteroatoms. The molecule has 1 aliphatic carbocycles. The first-order chi connectivity index (χ1) is 8.04. The molecule has 0 aromatic heterocycles. The SMILES string of the molecule is COCCCCCC1=CCC(C(F)(F)F)C=C1. The van der Waals surface area contributed by atoms with Crippen LogP contribution < -0.4 is 0 Å². The van der Waals surface area contributed by atoms with E-state index < -0.39 is 12.1 Å². The lowest BCUT2D eigenvalue weighted by Crippen LogP contribution is -2.21. The standard InChI is InChI=1S/C13H19F3O/c1-17-10-4-2-3-5-11-6-8-12(9-7-11)13(14,15)16/h6-8,12H,2-5,9-10H2,1H3. The second-order valence-electron chi connectivity index (χ2n) is 4.33. The van der Waals surface area contributed by atoms with Gasteiger partial charge >= 0.3 is 6.18 Å². The molecular formula is C13H19F3O. The Labute approximate surface area is 100 Å². The molecule has 0 amide bonds. The van der Waals surface area contributed by atoms with Crippen LogP contribution in [0.1, 0.15) is 32.1 Å². The molecule has 0 aromatic carbocycles. The van der Waals surface area contributed by atoms with Crippen molar-refractivity contribution in [1.82, 2.24) is 0 Å². The molecule has 0 aliphatic heterocycles. The lowest BCUT2D eigenvalue weighted by Gasteiger charge is -2.19. The van der Waals surface area contributed by atoms with E-state index in [9.17, 15) is 13.2 Å². The topological polar surface area (TPSA) is 9.23 Å². The van der Waals surface area contributed by atoms with E-state index in [1.165, 1.54) is 6.08 Å². The highest BCUT2D eigenvalue weighted by atomic mass is 19.4. The van der Waals surface area contributed by atoms with Gasteiger partial charge in [0.2, 0.25) is 0 Å². The third-order valence-electron chi connectivity index (χ3n) is 2.91. The lowest BCUT2D eigenvalue weighted by molar-refractivity contribution is -0.160. The molecule has 17 heavy (non-hydrogen) atoms. The van der Waals surface area contributed by atoms with Crippen LogP contribution in [-0.2, 0) is 4.74 Å². The van der Waals surface area contributed by atoms with Gasteiger partial charge in [0, 0.05) is 13.7 Å². The Kier molecular flexibility index (Phi) is 5.75. The third kappa shape index (κ3) is 5.39. The van der Waals surface area contributed by atoms with Crippen LogP contribution in [-0.4, -0.2) is 19.9 Å². The predicted octanol–water partition coefficient (Wildman–Crippen LogP) is 4.26. The third-order valence-corrected chi connectivity index (χ3v) is 2.91. The van der Waals surface area contributed by atoms with Crippen LogP contribution >= 0.6 is 0 Å². The van der Waals surface area contributed by atoms with Gasteiger partial charge in [-0.2, -0.15) is 13.2 Å². The molecule has 0 bridgehead atoms. The molecule has 0 aromatic rings. The van der Waals surface area contributed by atoms with Crippen LogP contribution in [0.2, 0.25) is 0 Å². The fraction of sp³-hybridized carbons (Fsp3) is 0.692. The van der Waals surface area contributed by atoms with E-state index in [0.717, 1.165) is 37.9 Å². The van der Waals surface area contributed by atoms with Crippen LogP contribution in [0.3, 0.4) is 0 Å². The van der Waals surface area contributed by atoms with Crippen LogP contribution in [0.15, 0.2) is 23.8 Å². The van der Waals surface area contributed by atoms with Crippen molar-refractivity contribution in [2.45, 2.75) is 38.3 Å². The van der Waals surface area contributed by atoms with E-state index >= 15 is 0 Å². The van der Waals surface area contributed by atoms with Gasteiger partial charge in [0.05, 0.1) is 5.92 Å². The highest BCUT2D eigenvalue weighted by Crippen LogP contribution is 2.33. The van der Waals surface area contributed by atoms with Gasteiger partial charge in [0.25, 0.3) is 0 Å². The summed E-state index contributed by atoms with van der Waals surface area (Å²) in [5, 5.41) is 0. The average Bonchev–Trinajstić information content (AvgIpc) is 2.28. The Morgan fingerprint density at radius 2 is 2.06 bits per heavy atom. The zero-order valence-electron chi connectivity index (χ0n) is 10.1. The number of rotatable bonds is 6. The van der Waals surface area contributed by atoms with Crippen molar-refractivity contribution < 1.29 is 17.9 Å². The van der Waals surface area contributed by atoms with Gasteiger partial charge in [-0.3, -0.25) is 0 Å². The van der Waals surface area contributed by atoms with Gasteiger partial charge in [-0.25, -0.2) is 0 Å². The van der Waals surface area contributed by atoms with E-state index in [-0.39, 0.29) is 6.42 Å². The molecule has 0 heterocycles. The number of unbranched alkanes of at least 4 members (excludes halogenated alkanes) is 2. The Balaban J connectivity index is 2.21. The molecule has 0 radical (unpaired) electrons. The van der Waals surface area contributed by atoms with Crippen LogP contribution in [0.25, 0.3) is 0 Å². The summed E-state index contributed by atoms with van der Waals surface area (Å²) in [6, 6.07) is 0. The average molecular weight is 248 g/mol. The minimum Gasteiger partial charge on any atom is -0.385 e. The van der Waals surface area contributed by atoms with Gasteiger partial charge in [-0.1, -0.05) is 30.2 Å². The maximum Gasteiger partial charge on any atom is 0.395 e. The summed E-state index contributed by atoms with van der Waals surface area (Å²) in [6.07, 6.45) is 4.56. The van der Waals surface area contributed by atoms with Gasteiger partial charge in [0.1, 0.15) is 0 Å². The summed E-state index contributed by atoms with van der Waals surface area (Å²) in [7, 11) is 1.67. The van der Waals surface area contributed by atoms with Crippen LogP contribution in [0.5, 0.6) is 0 Å². The van der Waals surface area contributed by atoms with E-state index in [4.69, 9.17) is 4.74 Å². The fourth-order valence-electron chi connectivity index (χ4n) is 1.85. The number of ether oxygens (including phenoxy) is 1. The minimum absolute atomic E-state index is 0.0907. The quantitative estimate of drug-likeness (QED) is 0.638. The second-order valence-corrected chi connectivity index (χ2v) is 4.33. The molecule has 0 N–H and O–H groups in total. The number of hydrogen-bond donors (Lipinski definition) is 0. The number of halogens is 3. The molecule has 1 rings (SSSR count). The van der Waals surface area contributed by atoms with Gasteiger partial charge in [-0.05, 0) is 25.7 Å². The summed E-state index contributed by atoms with van der Waals surface area (Å²) < 4.78 is 42.0. The number of methoxy groups -OCH3 is 1. The van der Waals surface area contributed by atoms with E-state index in [0.29, 0.717) is 0 Å². The summed E-state index contributed by atoms with van der Waals surface area (Å²) in [6.45, 7) is 0.755. The summed E-state index contributed by atoms with van der Waals surface area (Å²) in [4.78, 5) is 0. The minimum atomic E-state index is -4.10. The van der Waals surface area contributed by atoms with Crippen molar-refractivity contribution >= 4 is 0 Å². The summed E-state index contributed by atoms with van der Waals surface area (Å²) in [5.41, 5.74) is 1.03. The molecule has 0 fully saturated rings. The van der Waals surface area contributed by atoms with E-state index in [1.807, 2.05) is 0 Å². The van der Waals surface area contributed by atoms with Crippen LogP contribution in [0, 0.1) is 5.92 Å². The Morgan fingerprint density at radius 1 is 1.29 bits per heavy atom. The first-order valence-corrected chi connectivity index (χ1v) is 5.97. The van der Waals surface area contributed by atoms with Gasteiger partial charge < -0.3 is 4.74 Å². The molecule has 0 saturated carbocycles. The first-order valence-electron chi connectivity index (χ1n) is 5.97. The normalized spacial score (nSPS) is 20.5. The maximum absolute atomic E-state index is 12.4. The van der Waals surface area contributed by atoms with Crippen molar-refractivity contribution in [2.24, 2.45) is 5.92 Å². The summed E-state index contributed by atoms with van der Waals surface area (Å²) in [5.74, 6) is -1.29. The van der Waals surface area contributed by atoms with Crippen molar-refractivity contribution in [3.8, 4) is 0 Å². The highest BCUT2D eigenvalue weighted by Gasteiger charge is 2.37. The van der Waals surface area contributed by atoms with Gasteiger partial charge in [-0.15, -0.1) is 0 Å². The molecule has 98 valence electrons. The number of allylic oxidation sites excluding steroid dienone is 4. The second kappa shape index (κ2) is 6.84. The number of alkyl halides is 3. The van der Waals surface area contributed by atoms with Crippen LogP contribution in [0.4, 0.5) is 13.2 Å². The fourth-order valence-corrected chi connectivity index (χ4v) is 1.85. The first kappa shape index (κ1) is 14.3. The predicted molar refractivity (Wildman–Crippen MR) is 61.7 cm³/mol. The number of hydrogen-bond acceptors (Lipinski definition) is 1. The maximum atomic E-state index is 12.4. The van der Waals surface area contributed by atoms with Crippen molar-refractivity contribution in [1.29, 1.82) is 0 Å². The monoisotopic (exact) mass is 248 g/mol. The van der Waals surface area contributed by atoms with E-state index in [2.05, 4.69) is 0 Å². The van der Waals surface area contributed by atoms with Crippen molar-refractivity contribution in [3.63, 3.8) is 0 Å². The molecule has 0 spiro atoms. The molecule has 0 saturated heterocycles. The summed E-state index contributed by atoms with van der Waals surface area (Å²) >= 11 is 0. The van der Waals surface area contributed by atoms with Gasteiger partial charge in [0.15, 0.2) is 0 Å². The molecule has 1 unspecified atom stereocenters. The Morgan fingerprint density at radius 3 is 2.59 bits per heavy atom. The molecule has 1 atom stereocenters. The highest BCUT2D eigenvalue weighted by molar-refractivity contribution is 5.24. The lowest BCUT2D eigenvalue weighted by atomic mass is 9.94. The molecular weight excluding hydrogens is 229 g/mol. The zero-order chi connectivity index (χ0) is 12.7. The zero-order valence-corrected chi connectivity index (χ0v) is 10.1. The Hall–Kier alpha value is -0.770. The van der Waals surface area contributed by atoms with Crippen molar-refractivity contribution in [2.75, 3.05) is 13.7 Å². The Bertz CT molecular complexity index is 279. The smallest absolute Gasteiger partial charge is 0.385 e.